The Kier molecular flexibility index (Phi) is 3.65. The highest BCUT2D eigenvalue weighted by molar-refractivity contribution is 6.43. The summed E-state index contributed by atoms with van der Waals surface area (Å²) in [6.45, 7) is 0. The van der Waals surface area contributed by atoms with E-state index in [1.165, 1.54) is 12.1 Å². The molecule has 1 aromatic carbocycles. The summed E-state index contributed by atoms with van der Waals surface area (Å²) in [5.74, 6) is 3.90. The van der Waals surface area contributed by atoms with E-state index in [1.807, 2.05) is 0 Å². The predicted molar refractivity (Wildman–Crippen MR) is 57.5 cm³/mol. The molecule has 1 rings (SSSR count). The molecule has 0 radical (unpaired) electrons. The van der Waals surface area contributed by atoms with Crippen molar-refractivity contribution in [2.24, 2.45) is 5.73 Å². The highest BCUT2D eigenvalue weighted by Crippen LogP contribution is 2.28. The quantitative estimate of drug-likeness (QED) is 0.556. The van der Waals surface area contributed by atoms with Crippen LogP contribution in [-0.4, -0.2) is 5.91 Å². The lowest BCUT2D eigenvalue weighted by molar-refractivity contribution is -0.112. The van der Waals surface area contributed by atoms with Crippen molar-refractivity contribution in [1.29, 1.82) is 0 Å². The lowest BCUT2D eigenvalue weighted by Gasteiger charge is -1.98. The van der Waals surface area contributed by atoms with Gasteiger partial charge in [0.1, 0.15) is 0 Å². The molecule has 0 aliphatic carbocycles. The molecule has 2 nitrogen and oxygen atoms in total. The van der Waals surface area contributed by atoms with Crippen LogP contribution in [0, 0.1) is 11.8 Å². The fourth-order valence-corrected chi connectivity index (χ4v) is 1.34. The second-order valence-corrected chi connectivity index (χ2v) is 3.58. The van der Waals surface area contributed by atoms with Crippen LogP contribution in [-0.2, 0) is 4.79 Å². The van der Waals surface area contributed by atoms with Crippen LogP contribution in [0.4, 0.5) is 0 Å². The number of carbonyl (C=O) groups excluding carboxylic acids is 1. The van der Waals surface area contributed by atoms with Crippen LogP contribution in [0.5, 0.6) is 0 Å². The third kappa shape index (κ3) is 2.81. The smallest absolute Gasteiger partial charge is 0.293 e. The van der Waals surface area contributed by atoms with E-state index in [-0.39, 0.29) is 0 Å². The van der Waals surface area contributed by atoms with Crippen molar-refractivity contribution in [3.05, 3.63) is 32.8 Å². The minimum absolute atomic E-state index is 0.324. The van der Waals surface area contributed by atoms with E-state index in [2.05, 4.69) is 11.8 Å². The molecule has 0 fully saturated rings. The summed E-state index contributed by atoms with van der Waals surface area (Å²) in [5, 5.41) is 0.985. The standard InChI is InChI=1S/C9H4Cl3NO/c10-6-4-8(12)7(11)3-5(6)1-2-9(13)14/h3-4H,(H2,13,14). The second-order valence-electron chi connectivity index (χ2n) is 2.36. The van der Waals surface area contributed by atoms with Gasteiger partial charge in [-0.15, -0.1) is 0 Å². The van der Waals surface area contributed by atoms with E-state index in [0.717, 1.165) is 0 Å². The van der Waals surface area contributed by atoms with Gasteiger partial charge in [-0.25, -0.2) is 0 Å². The van der Waals surface area contributed by atoms with Gasteiger partial charge in [0, 0.05) is 11.5 Å². The summed E-state index contributed by atoms with van der Waals surface area (Å²) < 4.78 is 0. The maximum absolute atomic E-state index is 10.4. The summed E-state index contributed by atoms with van der Waals surface area (Å²) in [6.07, 6.45) is 0. The zero-order chi connectivity index (χ0) is 10.7. The Hall–Kier alpha value is -0.880. The van der Waals surface area contributed by atoms with Gasteiger partial charge in [-0.3, -0.25) is 4.79 Å². The van der Waals surface area contributed by atoms with Gasteiger partial charge in [0.05, 0.1) is 15.1 Å². The molecule has 0 aliphatic rings. The maximum Gasteiger partial charge on any atom is 0.293 e. The molecule has 0 heterocycles. The first-order chi connectivity index (χ1) is 6.50. The molecule has 0 saturated carbocycles. The van der Waals surface area contributed by atoms with Gasteiger partial charge in [0.25, 0.3) is 5.91 Å². The Labute approximate surface area is 95.9 Å². The van der Waals surface area contributed by atoms with Crippen molar-refractivity contribution >= 4 is 40.7 Å². The van der Waals surface area contributed by atoms with Crippen molar-refractivity contribution in [3.8, 4) is 11.8 Å². The van der Waals surface area contributed by atoms with Gasteiger partial charge in [-0.1, -0.05) is 40.7 Å². The van der Waals surface area contributed by atoms with Crippen molar-refractivity contribution in [3.63, 3.8) is 0 Å². The van der Waals surface area contributed by atoms with E-state index in [0.29, 0.717) is 20.6 Å². The fourth-order valence-electron chi connectivity index (χ4n) is 0.747. The minimum atomic E-state index is -0.730. The molecule has 0 unspecified atom stereocenters. The van der Waals surface area contributed by atoms with E-state index < -0.39 is 5.91 Å². The van der Waals surface area contributed by atoms with Crippen LogP contribution in [0.25, 0.3) is 0 Å². The number of hydrogen-bond acceptors (Lipinski definition) is 1. The highest BCUT2D eigenvalue weighted by Gasteiger charge is 2.03. The number of rotatable bonds is 0. The Bertz CT molecular complexity index is 445. The topological polar surface area (TPSA) is 43.1 Å². The number of hydrogen-bond donors (Lipinski definition) is 1. The summed E-state index contributed by atoms with van der Waals surface area (Å²) in [6, 6.07) is 2.93. The first-order valence-corrected chi connectivity index (χ1v) is 4.60. The van der Waals surface area contributed by atoms with Gasteiger partial charge >= 0.3 is 0 Å². The van der Waals surface area contributed by atoms with Gasteiger partial charge in [-0.2, -0.15) is 0 Å². The van der Waals surface area contributed by atoms with Crippen LogP contribution >= 0.6 is 34.8 Å². The van der Waals surface area contributed by atoms with E-state index in [9.17, 15) is 4.79 Å². The molecule has 0 saturated heterocycles. The van der Waals surface area contributed by atoms with Crippen LogP contribution in [0.1, 0.15) is 5.56 Å². The Morgan fingerprint density at radius 3 is 2.29 bits per heavy atom. The second kappa shape index (κ2) is 4.56. The van der Waals surface area contributed by atoms with Crippen molar-refractivity contribution in [1.82, 2.24) is 0 Å². The van der Waals surface area contributed by atoms with Gasteiger partial charge in [-0.05, 0) is 12.1 Å². The van der Waals surface area contributed by atoms with Crippen LogP contribution in [0.15, 0.2) is 12.1 Å². The Balaban J connectivity index is 3.18. The molecule has 72 valence electrons. The van der Waals surface area contributed by atoms with Crippen LogP contribution < -0.4 is 5.73 Å². The monoisotopic (exact) mass is 247 g/mol. The van der Waals surface area contributed by atoms with E-state index in [4.69, 9.17) is 40.5 Å². The normalized spacial score (nSPS) is 9.07. The van der Waals surface area contributed by atoms with Crippen molar-refractivity contribution in [2.75, 3.05) is 0 Å². The molecule has 2 N–H and O–H groups in total. The summed E-state index contributed by atoms with van der Waals surface area (Å²) in [7, 11) is 0. The molecule has 0 aliphatic heterocycles. The minimum Gasteiger partial charge on any atom is -0.359 e. The molecule has 5 heteroatoms. The SMILES string of the molecule is NC(=O)C#Cc1cc(Cl)c(Cl)cc1Cl. The van der Waals surface area contributed by atoms with Crippen molar-refractivity contribution < 1.29 is 4.79 Å². The highest BCUT2D eigenvalue weighted by atomic mass is 35.5. The summed E-state index contributed by atoms with van der Waals surface area (Å²) in [5.41, 5.74) is 5.26. The molecular formula is C9H4Cl3NO. The van der Waals surface area contributed by atoms with E-state index in [1.54, 1.807) is 0 Å². The average molecular weight is 248 g/mol. The molecule has 14 heavy (non-hydrogen) atoms. The van der Waals surface area contributed by atoms with Crippen LogP contribution in [0.3, 0.4) is 0 Å². The number of amides is 1. The zero-order valence-electron chi connectivity index (χ0n) is 6.77. The molecule has 1 aromatic rings. The lowest BCUT2D eigenvalue weighted by atomic mass is 10.2. The maximum atomic E-state index is 10.4. The predicted octanol–water partition coefficient (Wildman–Crippen LogP) is 2.48. The zero-order valence-corrected chi connectivity index (χ0v) is 9.04. The third-order valence-electron chi connectivity index (χ3n) is 1.33. The number of halogens is 3. The Morgan fingerprint density at radius 1 is 1.14 bits per heavy atom. The summed E-state index contributed by atoms with van der Waals surface area (Å²) >= 11 is 17.2. The molecule has 0 bridgehead atoms. The van der Waals surface area contributed by atoms with Gasteiger partial charge in [0.2, 0.25) is 0 Å². The Morgan fingerprint density at radius 2 is 1.71 bits per heavy atom. The van der Waals surface area contributed by atoms with Crippen molar-refractivity contribution in [2.45, 2.75) is 0 Å². The molecule has 0 spiro atoms. The third-order valence-corrected chi connectivity index (χ3v) is 2.37. The van der Waals surface area contributed by atoms with Crippen LogP contribution in [0.2, 0.25) is 15.1 Å². The fraction of sp³-hybridized carbons (Fsp3) is 0. The van der Waals surface area contributed by atoms with E-state index >= 15 is 0 Å². The largest absolute Gasteiger partial charge is 0.359 e. The average Bonchev–Trinajstić information content (AvgIpc) is 2.09. The number of benzene rings is 1. The van der Waals surface area contributed by atoms with Gasteiger partial charge < -0.3 is 5.73 Å². The first-order valence-electron chi connectivity index (χ1n) is 3.46. The number of primary amides is 1. The first kappa shape index (κ1) is 11.2. The summed E-state index contributed by atoms with van der Waals surface area (Å²) in [4.78, 5) is 10.4. The van der Waals surface area contributed by atoms with Gasteiger partial charge in [0.15, 0.2) is 0 Å². The lowest BCUT2D eigenvalue weighted by Crippen LogP contribution is -2.06. The molecular weight excluding hydrogens is 244 g/mol. The molecule has 0 atom stereocenters. The number of carbonyl (C=O) groups is 1. The molecule has 0 aromatic heterocycles. The number of nitrogens with two attached hydrogens (primary N) is 1. The molecule has 1 amide bonds.